The summed E-state index contributed by atoms with van der Waals surface area (Å²) in [6, 6.07) is 0. The summed E-state index contributed by atoms with van der Waals surface area (Å²) in [7, 11) is 0. The van der Waals surface area contributed by atoms with E-state index in [2.05, 4.69) is 0 Å². The van der Waals surface area contributed by atoms with Gasteiger partial charge < -0.3 is 5.21 Å². The van der Waals surface area contributed by atoms with Crippen LogP contribution in [0.1, 0.15) is 6.42 Å². The average molecular weight is 150 g/mol. The highest BCUT2D eigenvalue weighted by Crippen LogP contribution is 2.03. The topological polar surface area (TPSA) is 61.6 Å². The van der Waals surface area contributed by atoms with Crippen molar-refractivity contribution in [3.05, 3.63) is 5.21 Å². The van der Waals surface area contributed by atoms with E-state index in [1.54, 1.807) is 0 Å². The fraction of sp³-hybridized carbons (Fsp3) is 0.500. The zero-order valence-corrected chi connectivity index (χ0v) is 5.14. The Hall–Kier alpha value is -0.450. The smallest absolute Gasteiger partial charge is 0.338 e. The van der Waals surface area contributed by atoms with Crippen LogP contribution in [0.15, 0.2) is 0 Å². The average Bonchev–Trinajstić information content (AvgIpc) is 1.98. The number of alkyl halides is 1. The lowest BCUT2D eigenvalue weighted by molar-refractivity contribution is -0.672. The first-order valence-electron chi connectivity index (χ1n) is 2.38. The third kappa shape index (κ3) is 0.962. The van der Waals surface area contributed by atoms with Crippen molar-refractivity contribution < 1.29 is 14.7 Å². The Morgan fingerprint density at radius 1 is 1.67 bits per heavy atom. The van der Waals surface area contributed by atoms with Crippen LogP contribution in [0.2, 0.25) is 0 Å². The predicted octanol–water partition coefficient (Wildman–Crippen LogP) is -1.57. The first kappa shape index (κ1) is 6.67. The quantitative estimate of drug-likeness (QED) is 0.257. The van der Waals surface area contributed by atoms with E-state index in [1.807, 2.05) is 0 Å². The minimum atomic E-state index is -0.949. The Bertz CT molecular complexity index is 169. The molecule has 0 aliphatic carbocycles. The van der Waals surface area contributed by atoms with Crippen LogP contribution in [-0.4, -0.2) is 17.2 Å². The van der Waals surface area contributed by atoms with Crippen LogP contribution in [0.5, 0.6) is 0 Å². The number of nitrogens with one attached hydrogen (secondary N) is 1. The van der Waals surface area contributed by atoms with Gasteiger partial charge in [-0.3, -0.25) is 0 Å². The molecule has 1 saturated heterocycles. The normalized spacial score (nSPS) is 35.8. The third-order valence-corrected chi connectivity index (χ3v) is 1.48. The highest BCUT2D eigenvalue weighted by molar-refractivity contribution is 6.32. The summed E-state index contributed by atoms with van der Waals surface area (Å²) in [6.07, 6.45) is -0.126. The Morgan fingerprint density at radius 3 is 2.33 bits per heavy atom. The molecule has 1 fully saturated rings. The van der Waals surface area contributed by atoms with Gasteiger partial charge in [-0.05, 0) is 0 Å². The monoisotopic (exact) mass is 149 g/mol. The molecular weight excluding hydrogens is 146 g/mol. The zero-order valence-electron chi connectivity index (χ0n) is 4.39. The number of hydrogen-bond acceptors (Lipinski definition) is 3. The number of carbonyl (C=O) groups excluding carboxylic acids is 2. The minimum Gasteiger partial charge on any atom is -0.619 e. The van der Waals surface area contributed by atoms with E-state index in [9.17, 15) is 14.8 Å². The predicted molar refractivity (Wildman–Crippen MR) is 28.6 cm³/mol. The molecule has 0 bridgehead atoms. The number of rotatable bonds is 0. The van der Waals surface area contributed by atoms with Crippen molar-refractivity contribution in [1.82, 2.24) is 0 Å². The lowest BCUT2D eigenvalue weighted by atomic mass is 10.4. The Balaban J connectivity index is 2.77. The van der Waals surface area contributed by atoms with Gasteiger partial charge in [0.1, 0.15) is 0 Å². The largest absolute Gasteiger partial charge is 0.619 e. The van der Waals surface area contributed by atoms with Gasteiger partial charge in [0.25, 0.3) is 0 Å². The van der Waals surface area contributed by atoms with Gasteiger partial charge in [-0.15, -0.1) is 11.6 Å². The lowest BCUT2D eigenvalue weighted by Gasteiger charge is -2.06. The molecule has 2 atom stereocenters. The maximum absolute atomic E-state index is 10.4. The van der Waals surface area contributed by atoms with Crippen molar-refractivity contribution in [3.8, 4) is 0 Å². The number of hydroxylamine groups is 2. The molecule has 1 N–H and O–H groups in total. The van der Waals surface area contributed by atoms with Gasteiger partial charge in [-0.2, -0.15) is 0 Å². The minimum absolute atomic E-state index is 0.126. The number of carbonyl (C=O) groups is 2. The fourth-order valence-electron chi connectivity index (χ4n) is 0.628. The molecule has 1 aliphatic heterocycles. The van der Waals surface area contributed by atoms with Crippen LogP contribution in [0.25, 0.3) is 0 Å². The highest BCUT2D eigenvalue weighted by Gasteiger charge is 2.38. The van der Waals surface area contributed by atoms with Crippen molar-refractivity contribution >= 4 is 23.4 Å². The molecule has 0 saturated carbocycles. The number of hydrogen-bond donors (Lipinski definition) is 1. The molecule has 9 heavy (non-hydrogen) atoms. The lowest BCUT2D eigenvalue weighted by Crippen LogP contribution is -3.10. The van der Waals surface area contributed by atoms with Gasteiger partial charge in [-0.25, -0.2) is 14.7 Å². The molecule has 0 spiro atoms. The summed E-state index contributed by atoms with van der Waals surface area (Å²) < 4.78 is 0. The molecular formula is C4H4ClNO3. The van der Waals surface area contributed by atoms with Crippen LogP contribution in [-0.2, 0) is 9.59 Å². The Labute approximate surface area is 56.0 Å². The zero-order chi connectivity index (χ0) is 7.02. The molecule has 0 aromatic heterocycles. The van der Waals surface area contributed by atoms with Gasteiger partial charge in [0.05, 0.1) is 6.42 Å². The van der Waals surface area contributed by atoms with E-state index in [0.29, 0.717) is 0 Å². The molecule has 2 unspecified atom stereocenters. The maximum Gasteiger partial charge on any atom is 0.338 e. The van der Waals surface area contributed by atoms with E-state index in [1.165, 1.54) is 0 Å². The van der Waals surface area contributed by atoms with Crippen molar-refractivity contribution in [2.75, 3.05) is 0 Å². The summed E-state index contributed by atoms with van der Waals surface area (Å²) in [5.74, 6) is -1.43. The van der Waals surface area contributed by atoms with Gasteiger partial charge >= 0.3 is 11.8 Å². The van der Waals surface area contributed by atoms with Crippen LogP contribution in [0, 0.1) is 5.21 Å². The standard InChI is InChI=1S/C4H4ClNO3/c5-2-1-3(7)6(9)4(2)8/h2,6H,1H2. The Kier molecular flexibility index (Phi) is 1.52. The van der Waals surface area contributed by atoms with E-state index in [4.69, 9.17) is 11.6 Å². The van der Waals surface area contributed by atoms with Crippen molar-refractivity contribution in [3.63, 3.8) is 0 Å². The molecule has 5 heteroatoms. The van der Waals surface area contributed by atoms with Gasteiger partial charge in [0, 0.05) is 0 Å². The molecule has 0 aromatic carbocycles. The summed E-state index contributed by atoms with van der Waals surface area (Å²) >= 11 is 5.26. The first-order valence-corrected chi connectivity index (χ1v) is 2.82. The molecule has 1 aliphatic rings. The number of imide groups is 1. The second-order valence-electron chi connectivity index (χ2n) is 1.79. The van der Waals surface area contributed by atoms with E-state index >= 15 is 0 Å². The molecule has 50 valence electrons. The summed E-state index contributed by atoms with van der Waals surface area (Å²) in [5.41, 5.74) is 0. The number of quaternary nitrogens is 1. The van der Waals surface area contributed by atoms with E-state index in [0.717, 1.165) is 0 Å². The number of halogens is 1. The maximum atomic E-state index is 10.4. The number of amides is 2. The second kappa shape index (κ2) is 2.06. The SMILES string of the molecule is O=C1CC(Cl)C(=O)[NH+]1[O-]. The summed E-state index contributed by atoms with van der Waals surface area (Å²) in [6.45, 7) is 0. The van der Waals surface area contributed by atoms with E-state index < -0.39 is 22.3 Å². The van der Waals surface area contributed by atoms with Gasteiger partial charge in [0.2, 0.25) is 0 Å². The highest BCUT2D eigenvalue weighted by atomic mass is 35.5. The fourth-order valence-corrected chi connectivity index (χ4v) is 0.867. The van der Waals surface area contributed by atoms with E-state index in [-0.39, 0.29) is 6.42 Å². The molecule has 4 nitrogen and oxygen atoms in total. The van der Waals surface area contributed by atoms with Crippen molar-refractivity contribution in [2.24, 2.45) is 0 Å². The molecule has 2 amide bonds. The van der Waals surface area contributed by atoms with Crippen LogP contribution in [0.4, 0.5) is 0 Å². The van der Waals surface area contributed by atoms with Crippen molar-refractivity contribution in [2.45, 2.75) is 11.8 Å². The third-order valence-electron chi connectivity index (χ3n) is 1.13. The first-order chi connectivity index (χ1) is 4.13. The summed E-state index contributed by atoms with van der Waals surface area (Å²) in [5, 5.41) is 8.48. The molecule has 0 aromatic rings. The molecule has 1 rings (SSSR count). The van der Waals surface area contributed by atoms with Gasteiger partial charge in [0.15, 0.2) is 5.38 Å². The van der Waals surface area contributed by atoms with Crippen LogP contribution in [0.3, 0.4) is 0 Å². The Morgan fingerprint density at radius 2 is 2.22 bits per heavy atom. The van der Waals surface area contributed by atoms with Gasteiger partial charge in [-0.1, -0.05) is 0 Å². The van der Waals surface area contributed by atoms with Crippen LogP contribution < -0.4 is 5.06 Å². The summed E-state index contributed by atoms with van der Waals surface area (Å²) in [4.78, 5) is 20.8. The van der Waals surface area contributed by atoms with Crippen molar-refractivity contribution in [1.29, 1.82) is 0 Å². The van der Waals surface area contributed by atoms with Crippen LogP contribution >= 0.6 is 11.6 Å². The molecule has 0 radical (unpaired) electrons. The molecule has 1 heterocycles. The second-order valence-corrected chi connectivity index (χ2v) is 2.32.